The van der Waals surface area contributed by atoms with Crippen molar-refractivity contribution in [1.82, 2.24) is 4.98 Å². The van der Waals surface area contributed by atoms with E-state index in [0.717, 1.165) is 27.5 Å². The third kappa shape index (κ3) is 7.58. The van der Waals surface area contributed by atoms with Crippen molar-refractivity contribution in [2.24, 2.45) is 0 Å². The summed E-state index contributed by atoms with van der Waals surface area (Å²) in [5.41, 5.74) is 3.27. The Hall–Kier alpha value is -3.33. The molecule has 2 amide bonds. The number of anilines is 2. The van der Waals surface area contributed by atoms with Crippen LogP contribution in [0.2, 0.25) is 5.02 Å². The maximum Gasteiger partial charge on any atom is 0.239 e. The molecule has 0 aliphatic heterocycles. The van der Waals surface area contributed by atoms with Crippen molar-refractivity contribution in [2.45, 2.75) is 29.9 Å². The van der Waals surface area contributed by atoms with E-state index in [1.807, 2.05) is 73.0 Å². The predicted molar refractivity (Wildman–Crippen MR) is 153 cm³/mol. The van der Waals surface area contributed by atoms with E-state index in [4.69, 9.17) is 16.3 Å². The maximum absolute atomic E-state index is 13.0. The number of nitrogens with one attached hydrogen (secondary N) is 2. The third-order valence-electron chi connectivity index (χ3n) is 5.44. The average molecular weight is 552 g/mol. The number of ether oxygens (including phenoxy) is 1. The van der Waals surface area contributed by atoms with Gasteiger partial charge in [-0.15, -0.1) is 23.1 Å². The summed E-state index contributed by atoms with van der Waals surface area (Å²) in [5, 5.41) is 8.65. The van der Waals surface area contributed by atoms with Crippen LogP contribution in [-0.4, -0.2) is 29.2 Å². The lowest BCUT2D eigenvalue weighted by molar-refractivity contribution is -0.116. The zero-order chi connectivity index (χ0) is 26.2. The molecule has 1 atom stereocenters. The molecule has 0 aliphatic carbocycles. The van der Waals surface area contributed by atoms with Gasteiger partial charge in [0.25, 0.3) is 0 Å². The van der Waals surface area contributed by atoms with Gasteiger partial charge in [-0.3, -0.25) is 9.59 Å². The number of carbonyl (C=O) groups is 2. The number of carbonyl (C=O) groups excluding carboxylic acids is 2. The van der Waals surface area contributed by atoms with Gasteiger partial charge < -0.3 is 15.4 Å². The van der Waals surface area contributed by atoms with E-state index >= 15 is 0 Å². The summed E-state index contributed by atoms with van der Waals surface area (Å²) in [7, 11) is 1.62. The number of thiazole rings is 1. The van der Waals surface area contributed by atoms with Gasteiger partial charge in [0.1, 0.15) is 5.75 Å². The fourth-order valence-electron chi connectivity index (χ4n) is 3.56. The van der Waals surface area contributed by atoms with E-state index < -0.39 is 0 Å². The standard InChI is InChI=1S/C28H26ClN3O3S2/c1-3-25(27(34)32-28-31-24(17-36-28)19-6-4-8-22(15-19)35-2)37-23-9-5-7-21(16-23)30-26(33)14-18-10-12-20(29)13-11-18/h4-13,15-17,25H,3,14H2,1-2H3,(H,30,33)(H,31,32,34). The van der Waals surface area contributed by atoms with Gasteiger partial charge in [-0.2, -0.15) is 0 Å². The number of hydrogen-bond acceptors (Lipinski definition) is 6. The second-order valence-corrected chi connectivity index (χ2v) is 10.7. The van der Waals surface area contributed by atoms with Crippen LogP contribution in [0.1, 0.15) is 18.9 Å². The highest BCUT2D eigenvalue weighted by Crippen LogP contribution is 2.31. The van der Waals surface area contributed by atoms with E-state index in [-0.39, 0.29) is 23.5 Å². The molecule has 3 aromatic carbocycles. The van der Waals surface area contributed by atoms with Crippen molar-refractivity contribution in [1.29, 1.82) is 0 Å². The highest BCUT2D eigenvalue weighted by Gasteiger charge is 2.20. The SMILES string of the molecule is CCC(Sc1cccc(NC(=O)Cc2ccc(Cl)cc2)c1)C(=O)Nc1nc(-c2cccc(OC)c2)cs1. The second-order valence-electron chi connectivity index (χ2n) is 8.15. The van der Waals surface area contributed by atoms with Gasteiger partial charge in [-0.1, -0.05) is 48.9 Å². The minimum absolute atomic E-state index is 0.115. The Morgan fingerprint density at radius 2 is 1.84 bits per heavy atom. The number of nitrogens with zero attached hydrogens (tertiary/aromatic N) is 1. The van der Waals surface area contributed by atoms with Gasteiger partial charge in [-0.25, -0.2) is 4.98 Å². The van der Waals surface area contributed by atoms with E-state index in [9.17, 15) is 9.59 Å². The van der Waals surface area contributed by atoms with Gasteiger partial charge in [0.05, 0.1) is 24.5 Å². The molecule has 0 saturated heterocycles. The normalized spacial score (nSPS) is 11.5. The molecule has 1 heterocycles. The van der Waals surface area contributed by atoms with E-state index in [1.165, 1.54) is 23.1 Å². The molecule has 4 aromatic rings. The molecular formula is C28H26ClN3O3S2. The number of amides is 2. The summed E-state index contributed by atoms with van der Waals surface area (Å²) in [6.45, 7) is 1.97. The van der Waals surface area contributed by atoms with E-state index in [0.29, 0.717) is 22.3 Å². The monoisotopic (exact) mass is 551 g/mol. The molecule has 190 valence electrons. The first-order valence-corrected chi connectivity index (χ1v) is 13.8. The summed E-state index contributed by atoms with van der Waals surface area (Å²) < 4.78 is 5.29. The number of benzene rings is 3. The van der Waals surface area contributed by atoms with Crippen LogP contribution in [0.5, 0.6) is 5.75 Å². The Morgan fingerprint density at radius 1 is 1.05 bits per heavy atom. The van der Waals surface area contributed by atoms with Crippen LogP contribution in [0.25, 0.3) is 11.3 Å². The zero-order valence-electron chi connectivity index (χ0n) is 20.4. The summed E-state index contributed by atoms with van der Waals surface area (Å²) >= 11 is 8.75. The Morgan fingerprint density at radius 3 is 2.59 bits per heavy atom. The second kappa shape index (κ2) is 12.8. The molecule has 0 bridgehead atoms. The van der Waals surface area contributed by atoms with Gasteiger partial charge in [0.15, 0.2) is 5.13 Å². The molecule has 1 aromatic heterocycles. The largest absolute Gasteiger partial charge is 0.497 e. The Kier molecular flexibility index (Phi) is 9.22. The smallest absolute Gasteiger partial charge is 0.239 e. The van der Waals surface area contributed by atoms with Crippen LogP contribution in [0.4, 0.5) is 10.8 Å². The molecule has 2 N–H and O–H groups in total. The lowest BCUT2D eigenvalue weighted by Crippen LogP contribution is -2.24. The molecule has 9 heteroatoms. The molecule has 4 rings (SSSR count). The van der Waals surface area contributed by atoms with Crippen LogP contribution in [0, 0.1) is 0 Å². The molecule has 6 nitrogen and oxygen atoms in total. The number of halogens is 1. The van der Waals surface area contributed by atoms with Gasteiger partial charge in [0, 0.05) is 26.5 Å². The molecule has 0 spiro atoms. The minimum Gasteiger partial charge on any atom is -0.497 e. The van der Waals surface area contributed by atoms with E-state index in [2.05, 4.69) is 15.6 Å². The third-order valence-corrected chi connectivity index (χ3v) is 7.80. The molecular weight excluding hydrogens is 526 g/mol. The van der Waals surface area contributed by atoms with E-state index in [1.54, 1.807) is 19.2 Å². The molecule has 0 fully saturated rings. The van der Waals surface area contributed by atoms with Crippen molar-refractivity contribution in [3.05, 3.63) is 88.8 Å². The van der Waals surface area contributed by atoms with Gasteiger partial charge in [0.2, 0.25) is 11.8 Å². The minimum atomic E-state index is -0.316. The van der Waals surface area contributed by atoms with Crippen molar-refractivity contribution >= 4 is 57.3 Å². The van der Waals surface area contributed by atoms with Gasteiger partial charge in [-0.05, 0) is 54.4 Å². The summed E-state index contributed by atoms with van der Waals surface area (Å²) in [5.74, 6) is 0.517. The lowest BCUT2D eigenvalue weighted by atomic mass is 10.1. The van der Waals surface area contributed by atoms with Gasteiger partial charge >= 0.3 is 0 Å². The van der Waals surface area contributed by atoms with Crippen molar-refractivity contribution < 1.29 is 14.3 Å². The summed E-state index contributed by atoms with van der Waals surface area (Å²) in [6, 6.07) is 22.4. The fourth-order valence-corrected chi connectivity index (χ4v) is 5.42. The number of thioether (sulfide) groups is 1. The van der Waals surface area contributed by atoms with Crippen LogP contribution >= 0.6 is 34.7 Å². The lowest BCUT2D eigenvalue weighted by Gasteiger charge is -2.14. The van der Waals surface area contributed by atoms with Crippen LogP contribution in [0.15, 0.2) is 83.1 Å². The number of methoxy groups -OCH3 is 1. The molecule has 37 heavy (non-hydrogen) atoms. The fraction of sp³-hybridized carbons (Fsp3) is 0.179. The Bertz CT molecular complexity index is 1380. The van der Waals surface area contributed by atoms with Crippen LogP contribution in [0.3, 0.4) is 0 Å². The first kappa shape index (κ1) is 26.7. The van der Waals surface area contributed by atoms with Crippen LogP contribution < -0.4 is 15.4 Å². The molecule has 1 unspecified atom stereocenters. The first-order valence-electron chi connectivity index (χ1n) is 11.7. The van der Waals surface area contributed by atoms with Crippen molar-refractivity contribution in [2.75, 3.05) is 17.7 Å². The molecule has 0 radical (unpaired) electrons. The highest BCUT2D eigenvalue weighted by atomic mass is 35.5. The molecule has 0 saturated carbocycles. The van der Waals surface area contributed by atoms with Crippen LogP contribution in [-0.2, 0) is 16.0 Å². The average Bonchev–Trinajstić information content (AvgIpc) is 3.37. The first-order chi connectivity index (χ1) is 17.9. The Balaban J connectivity index is 1.36. The predicted octanol–water partition coefficient (Wildman–Crippen LogP) is 7.16. The number of hydrogen-bond donors (Lipinski definition) is 2. The zero-order valence-corrected chi connectivity index (χ0v) is 22.8. The quantitative estimate of drug-likeness (QED) is 0.204. The Labute approximate surface area is 229 Å². The summed E-state index contributed by atoms with van der Waals surface area (Å²) in [4.78, 5) is 31.0. The van der Waals surface area contributed by atoms with Crippen molar-refractivity contribution in [3.63, 3.8) is 0 Å². The highest BCUT2D eigenvalue weighted by molar-refractivity contribution is 8.00. The summed E-state index contributed by atoms with van der Waals surface area (Å²) in [6.07, 6.45) is 0.887. The topological polar surface area (TPSA) is 80.3 Å². The van der Waals surface area contributed by atoms with Crippen molar-refractivity contribution in [3.8, 4) is 17.0 Å². The molecule has 0 aliphatic rings. The maximum atomic E-state index is 13.0. The number of rotatable bonds is 10. The number of aromatic nitrogens is 1.